The highest BCUT2D eigenvalue weighted by molar-refractivity contribution is 9.10. The van der Waals surface area contributed by atoms with Crippen LogP contribution in [0, 0.1) is 5.82 Å². The fourth-order valence-electron chi connectivity index (χ4n) is 2.33. The standard InChI is InChI=1S/C16H13BrFNO/c1-20-15-4-2-3-12(16(15)18)10-19-8-7-11-9-13(17)5-6-14(11)19/h2-9H,10H2,1H3. The summed E-state index contributed by atoms with van der Waals surface area (Å²) in [6.07, 6.45) is 1.97. The summed E-state index contributed by atoms with van der Waals surface area (Å²) in [6.45, 7) is 0.480. The van der Waals surface area contributed by atoms with E-state index in [1.807, 2.05) is 35.0 Å². The van der Waals surface area contributed by atoms with Gasteiger partial charge in [0.15, 0.2) is 11.6 Å². The van der Waals surface area contributed by atoms with E-state index >= 15 is 0 Å². The van der Waals surface area contributed by atoms with Crippen LogP contribution in [-0.4, -0.2) is 11.7 Å². The molecule has 102 valence electrons. The van der Waals surface area contributed by atoms with Gasteiger partial charge in [0.2, 0.25) is 0 Å². The molecule has 2 nitrogen and oxygen atoms in total. The van der Waals surface area contributed by atoms with Crippen molar-refractivity contribution in [2.45, 2.75) is 6.54 Å². The largest absolute Gasteiger partial charge is 0.494 e. The Labute approximate surface area is 124 Å². The molecule has 20 heavy (non-hydrogen) atoms. The monoisotopic (exact) mass is 333 g/mol. The average molecular weight is 334 g/mol. The predicted molar refractivity (Wildman–Crippen MR) is 81.7 cm³/mol. The molecule has 0 aliphatic rings. The van der Waals surface area contributed by atoms with Crippen molar-refractivity contribution in [1.29, 1.82) is 0 Å². The average Bonchev–Trinajstić information content (AvgIpc) is 2.83. The molecule has 2 aromatic carbocycles. The van der Waals surface area contributed by atoms with Crippen LogP contribution < -0.4 is 4.74 Å². The van der Waals surface area contributed by atoms with Gasteiger partial charge in [0.25, 0.3) is 0 Å². The van der Waals surface area contributed by atoms with Gasteiger partial charge in [-0.3, -0.25) is 0 Å². The molecule has 0 bridgehead atoms. The summed E-state index contributed by atoms with van der Waals surface area (Å²) in [4.78, 5) is 0. The van der Waals surface area contributed by atoms with E-state index in [1.54, 1.807) is 18.2 Å². The van der Waals surface area contributed by atoms with Gasteiger partial charge in [0.05, 0.1) is 13.7 Å². The summed E-state index contributed by atoms with van der Waals surface area (Å²) < 4.78 is 22.3. The van der Waals surface area contributed by atoms with Gasteiger partial charge >= 0.3 is 0 Å². The SMILES string of the molecule is COc1cccc(Cn2ccc3cc(Br)ccc32)c1F. The van der Waals surface area contributed by atoms with Crippen molar-refractivity contribution in [1.82, 2.24) is 4.57 Å². The molecule has 4 heteroatoms. The van der Waals surface area contributed by atoms with Gasteiger partial charge in [0.1, 0.15) is 0 Å². The van der Waals surface area contributed by atoms with E-state index in [4.69, 9.17) is 4.74 Å². The van der Waals surface area contributed by atoms with E-state index in [0.29, 0.717) is 12.1 Å². The van der Waals surface area contributed by atoms with E-state index in [1.165, 1.54) is 7.11 Å². The van der Waals surface area contributed by atoms with E-state index in [9.17, 15) is 4.39 Å². The molecule has 0 saturated carbocycles. The molecular formula is C16H13BrFNO. The maximum atomic E-state index is 14.2. The molecule has 3 aromatic rings. The summed E-state index contributed by atoms with van der Waals surface area (Å²) in [7, 11) is 1.48. The quantitative estimate of drug-likeness (QED) is 0.683. The number of benzene rings is 2. The van der Waals surface area contributed by atoms with Crippen LogP contribution in [0.5, 0.6) is 5.75 Å². The lowest BCUT2D eigenvalue weighted by Crippen LogP contribution is -2.02. The van der Waals surface area contributed by atoms with Gasteiger partial charge in [-0.05, 0) is 30.3 Å². The van der Waals surface area contributed by atoms with Crippen molar-refractivity contribution in [3.05, 3.63) is 64.5 Å². The molecule has 0 aliphatic carbocycles. The highest BCUT2D eigenvalue weighted by Gasteiger charge is 2.10. The molecule has 0 unspecified atom stereocenters. The third-order valence-corrected chi connectivity index (χ3v) is 3.83. The molecule has 0 fully saturated rings. The zero-order valence-corrected chi connectivity index (χ0v) is 12.5. The molecule has 3 rings (SSSR count). The minimum absolute atomic E-state index is 0.279. The van der Waals surface area contributed by atoms with E-state index in [-0.39, 0.29) is 11.6 Å². The molecule has 0 radical (unpaired) electrons. The number of methoxy groups -OCH3 is 1. The van der Waals surface area contributed by atoms with Gasteiger partial charge in [-0.25, -0.2) is 4.39 Å². The first-order valence-corrected chi connectivity index (χ1v) is 7.04. The highest BCUT2D eigenvalue weighted by Crippen LogP contribution is 2.24. The van der Waals surface area contributed by atoms with Crippen molar-refractivity contribution in [3.8, 4) is 5.75 Å². The summed E-state index contributed by atoms with van der Waals surface area (Å²) in [6, 6.07) is 13.3. The van der Waals surface area contributed by atoms with Crippen LogP contribution in [0.4, 0.5) is 4.39 Å². The predicted octanol–water partition coefficient (Wildman–Crippen LogP) is 4.60. The zero-order chi connectivity index (χ0) is 14.1. The second-order valence-corrected chi connectivity index (χ2v) is 5.50. The van der Waals surface area contributed by atoms with Crippen molar-refractivity contribution >= 4 is 26.8 Å². The Morgan fingerprint density at radius 3 is 2.85 bits per heavy atom. The fraction of sp³-hybridized carbons (Fsp3) is 0.125. The molecule has 0 amide bonds. The normalized spacial score (nSPS) is 10.9. The number of hydrogen-bond acceptors (Lipinski definition) is 1. The lowest BCUT2D eigenvalue weighted by molar-refractivity contribution is 0.383. The number of nitrogens with zero attached hydrogens (tertiary/aromatic N) is 1. The van der Waals surface area contributed by atoms with Crippen LogP contribution in [0.1, 0.15) is 5.56 Å². The van der Waals surface area contributed by atoms with E-state index in [0.717, 1.165) is 15.4 Å². The first-order valence-electron chi connectivity index (χ1n) is 6.25. The number of hydrogen-bond donors (Lipinski definition) is 0. The van der Waals surface area contributed by atoms with Crippen LogP contribution in [0.2, 0.25) is 0 Å². The molecule has 0 aliphatic heterocycles. The summed E-state index contributed by atoms with van der Waals surface area (Å²) in [5, 5.41) is 1.13. The minimum atomic E-state index is -0.297. The summed E-state index contributed by atoms with van der Waals surface area (Å²) in [5.41, 5.74) is 1.69. The Kier molecular flexibility index (Phi) is 3.49. The van der Waals surface area contributed by atoms with Gasteiger partial charge < -0.3 is 9.30 Å². The zero-order valence-electron chi connectivity index (χ0n) is 10.9. The van der Waals surface area contributed by atoms with Gasteiger partial charge in [-0.15, -0.1) is 0 Å². The molecule has 0 atom stereocenters. The van der Waals surface area contributed by atoms with Gasteiger partial charge in [-0.1, -0.05) is 28.1 Å². The first kappa shape index (κ1) is 13.2. The maximum Gasteiger partial charge on any atom is 0.170 e. The Balaban J connectivity index is 2.01. The van der Waals surface area contributed by atoms with Crippen LogP contribution >= 0.6 is 15.9 Å². The second kappa shape index (κ2) is 5.29. The van der Waals surface area contributed by atoms with Gasteiger partial charge in [-0.2, -0.15) is 0 Å². The Morgan fingerprint density at radius 1 is 1.20 bits per heavy atom. The maximum absolute atomic E-state index is 14.2. The molecule has 0 spiro atoms. The Morgan fingerprint density at radius 2 is 2.05 bits per heavy atom. The first-order chi connectivity index (χ1) is 9.69. The van der Waals surface area contributed by atoms with Gasteiger partial charge in [0, 0.05) is 27.1 Å². The second-order valence-electron chi connectivity index (χ2n) is 4.58. The Hall–Kier alpha value is -1.81. The number of aromatic nitrogens is 1. The van der Waals surface area contributed by atoms with E-state index < -0.39 is 0 Å². The van der Waals surface area contributed by atoms with Crippen molar-refractivity contribution in [3.63, 3.8) is 0 Å². The number of halogens is 2. The minimum Gasteiger partial charge on any atom is -0.494 e. The third-order valence-electron chi connectivity index (χ3n) is 3.34. The van der Waals surface area contributed by atoms with Crippen LogP contribution in [-0.2, 0) is 6.54 Å². The smallest absolute Gasteiger partial charge is 0.170 e. The lowest BCUT2D eigenvalue weighted by atomic mass is 10.2. The number of ether oxygens (including phenoxy) is 1. The summed E-state index contributed by atoms with van der Waals surface area (Å²) >= 11 is 3.45. The number of rotatable bonds is 3. The highest BCUT2D eigenvalue weighted by atomic mass is 79.9. The lowest BCUT2D eigenvalue weighted by Gasteiger charge is -2.09. The van der Waals surface area contributed by atoms with E-state index in [2.05, 4.69) is 15.9 Å². The molecule has 1 aromatic heterocycles. The van der Waals surface area contributed by atoms with Crippen LogP contribution in [0.25, 0.3) is 10.9 Å². The van der Waals surface area contributed by atoms with Crippen molar-refractivity contribution < 1.29 is 9.13 Å². The Bertz CT molecular complexity index is 766. The number of fused-ring (bicyclic) bond motifs is 1. The molecule has 0 saturated heterocycles. The fourth-order valence-corrected chi connectivity index (χ4v) is 2.71. The van der Waals surface area contributed by atoms with Crippen LogP contribution in [0.3, 0.4) is 0 Å². The topological polar surface area (TPSA) is 14.2 Å². The van der Waals surface area contributed by atoms with Crippen molar-refractivity contribution in [2.24, 2.45) is 0 Å². The summed E-state index contributed by atoms with van der Waals surface area (Å²) in [5.74, 6) is -0.0179. The third kappa shape index (κ3) is 2.31. The molecule has 0 N–H and O–H groups in total. The molecule has 1 heterocycles. The van der Waals surface area contributed by atoms with Crippen molar-refractivity contribution in [2.75, 3.05) is 7.11 Å². The van der Waals surface area contributed by atoms with Crippen LogP contribution in [0.15, 0.2) is 53.1 Å². The molecular weight excluding hydrogens is 321 g/mol.